The summed E-state index contributed by atoms with van der Waals surface area (Å²) in [5.41, 5.74) is 8.53. The van der Waals surface area contributed by atoms with Crippen molar-refractivity contribution in [1.29, 1.82) is 0 Å². The summed E-state index contributed by atoms with van der Waals surface area (Å²) in [6, 6.07) is 2.50. The van der Waals surface area contributed by atoms with Crippen molar-refractivity contribution < 1.29 is 23.9 Å². The number of carbonyl (C=O) groups excluding carboxylic acids is 2. The first-order chi connectivity index (χ1) is 17.7. The lowest BCUT2D eigenvalue weighted by Gasteiger charge is -2.18. The van der Waals surface area contributed by atoms with E-state index in [-0.39, 0.29) is 28.3 Å². The number of nitrogens with one attached hydrogen (secondary N) is 2. The van der Waals surface area contributed by atoms with Crippen LogP contribution in [0.2, 0.25) is 0 Å². The Morgan fingerprint density at radius 1 is 1.22 bits per heavy atom. The van der Waals surface area contributed by atoms with E-state index >= 15 is 0 Å². The van der Waals surface area contributed by atoms with Gasteiger partial charge < -0.3 is 26.0 Å². The normalized spacial score (nSPS) is 14.1. The molecule has 2 aromatic rings. The number of likely N-dealkylation sites (N-methyl/N-ethyl adjacent to an activating group) is 1. The van der Waals surface area contributed by atoms with Crippen molar-refractivity contribution in [1.82, 2.24) is 15.2 Å². The number of hydrogen-bond donors (Lipinski definition) is 4. The van der Waals surface area contributed by atoms with Crippen molar-refractivity contribution in [2.45, 2.75) is 47.0 Å². The zero-order valence-electron chi connectivity index (χ0n) is 21.9. The third-order valence-corrected chi connectivity index (χ3v) is 6.85. The van der Waals surface area contributed by atoms with Gasteiger partial charge in [0.15, 0.2) is 0 Å². The number of amides is 3. The summed E-state index contributed by atoms with van der Waals surface area (Å²) in [5.74, 6) is -1.50. The maximum Gasteiger partial charge on any atom is 0.419 e. The molecular weight excluding hydrogens is 477 g/mol. The number of fused-ring (bicyclic) bond motifs is 1. The Kier molecular flexibility index (Phi) is 9.23. The van der Waals surface area contributed by atoms with Crippen molar-refractivity contribution >= 4 is 35.2 Å². The second kappa shape index (κ2) is 12.2. The third kappa shape index (κ3) is 5.75. The zero-order valence-corrected chi connectivity index (χ0v) is 21.9. The number of aromatic nitrogens is 1. The summed E-state index contributed by atoms with van der Waals surface area (Å²) in [6.07, 6.45) is 1.65. The summed E-state index contributed by atoms with van der Waals surface area (Å²) in [4.78, 5) is 44.1. The first-order valence-electron chi connectivity index (χ1n) is 12.7. The number of anilines is 1. The predicted octanol–water partition coefficient (Wildman–Crippen LogP) is 3.69. The highest BCUT2D eigenvalue weighted by Gasteiger charge is 2.39. The number of imide groups is 1. The molecule has 0 atom stereocenters. The Bertz CT molecular complexity index is 1220. The van der Waals surface area contributed by atoms with E-state index in [0.717, 1.165) is 19.6 Å². The molecule has 1 aliphatic rings. The van der Waals surface area contributed by atoms with Gasteiger partial charge in [0.2, 0.25) is 0 Å². The topological polar surface area (TPSA) is 132 Å². The standard InChI is InChI=1S/C27H36FN5O4/c1-5-32(6-2)14-13-30-25(34)23-16(3)21(31-17(23)4)15-19-24-18(9-7-8-12-29)20(28)10-11-22(24)33(26(19)35)27(36)37/h10-11,15,31H,5-9,12-14,29H2,1-4H3,(H,30,34)(H,36,37). The van der Waals surface area contributed by atoms with Crippen LogP contribution in [0.1, 0.15) is 65.1 Å². The van der Waals surface area contributed by atoms with Gasteiger partial charge in [-0.15, -0.1) is 0 Å². The van der Waals surface area contributed by atoms with E-state index in [1.54, 1.807) is 13.8 Å². The first kappa shape index (κ1) is 28.1. The molecule has 10 heteroatoms. The molecule has 2 heterocycles. The molecule has 0 bridgehead atoms. The SMILES string of the molecule is CCN(CC)CCNC(=O)c1c(C)[nH]c(C=C2C(=O)N(C(=O)O)c3ccc(F)c(CCCCN)c32)c1C. The van der Waals surface area contributed by atoms with Crippen LogP contribution >= 0.6 is 0 Å². The fourth-order valence-electron chi connectivity index (χ4n) is 4.81. The molecule has 1 aromatic carbocycles. The number of nitrogens with zero attached hydrogens (tertiary/aromatic N) is 2. The summed E-state index contributed by atoms with van der Waals surface area (Å²) in [6.45, 7) is 11.1. The van der Waals surface area contributed by atoms with Crippen LogP contribution in [0.4, 0.5) is 14.9 Å². The molecule has 0 saturated heterocycles. The number of unbranched alkanes of at least 4 members (excludes halogenated alkanes) is 1. The van der Waals surface area contributed by atoms with Crippen LogP contribution in [-0.2, 0) is 11.2 Å². The lowest BCUT2D eigenvalue weighted by atomic mass is 9.95. The lowest BCUT2D eigenvalue weighted by molar-refractivity contribution is -0.112. The Labute approximate surface area is 216 Å². The number of carbonyl (C=O) groups is 3. The Balaban J connectivity index is 2.01. The van der Waals surface area contributed by atoms with Crippen LogP contribution in [0.15, 0.2) is 12.1 Å². The summed E-state index contributed by atoms with van der Waals surface area (Å²) in [7, 11) is 0. The Morgan fingerprint density at radius 3 is 2.54 bits per heavy atom. The fourth-order valence-corrected chi connectivity index (χ4v) is 4.81. The maximum absolute atomic E-state index is 14.9. The largest absolute Gasteiger partial charge is 0.464 e. The number of hydrogen-bond acceptors (Lipinski definition) is 5. The van der Waals surface area contributed by atoms with Gasteiger partial charge in [0.25, 0.3) is 11.8 Å². The lowest BCUT2D eigenvalue weighted by Crippen LogP contribution is -2.35. The first-order valence-corrected chi connectivity index (χ1v) is 12.7. The minimum absolute atomic E-state index is 0.0671. The van der Waals surface area contributed by atoms with E-state index in [4.69, 9.17) is 5.73 Å². The van der Waals surface area contributed by atoms with Gasteiger partial charge in [0.1, 0.15) is 5.82 Å². The van der Waals surface area contributed by atoms with E-state index in [2.05, 4.69) is 29.0 Å². The van der Waals surface area contributed by atoms with Gasteiger partial charge in [-0.05, 0) is 82.1 Å². The van der Waals surface area contributed by atoms with E-state index in [9.17, 15) is 23.9 Å². The van der Waals surface area contributed by atoms with Crippen molar-refractivity contribution in [2.24, 2.45) is 5.73 Å². The Hall–Kier alpha value is -3.50. The molecule has 0 spiro atoms. The molecule has 0 saturated carbocycles. The molecule has 0 radical (unpaired) electrons. The van der Waals surface area contributed by atoms with Crippen molar-refractivity contribution in [2.75, 3.05) is 37.6 Å². The average Bonchev–Trinajstić information content (AvgIpc) is 3.30. The molecule has 5 N–H and O–H groups in total. The average molecular weight is 514 g/mol. The molecule has 200 valence electrons. The van der Waals surface area contributed by atoms with Gasteiger partial charge in [-0.1, -0.05) is 13.8 Å². The molecule has 0 fully saturated rings. The summed E-state index contributed by atoms with van der Waals surface area (Å²) in [5, 5.41) is 12.7. The van der Waals surface area contributed by atoms with Crippen LogP contribution in [0.25, 0.3) is 11.6 Å². The van der Waals surface area contributed by atoms with Gasteiger partial charge >= 0.3 is 6.09 Å². The van der Waals surface area contributed by atoms with Crippen LogP contribution in [0.5, 0.6) is 0 Å². The van der Waals surface area contributed by atoms with Crippen molar-refractivity contribution in [3.8, 4) is 0 Å². The predicted molar refractivity (Wildman–Crippen MR) is 142 cm³/mol. The van der Waals surface area contributed by atoms with Crippen molar-refractivity contribution in [3.63, 3.8) is 0 Å². The Morgan fingerprint density at radius 2 is 1.92 bits per heavy atom. The van der Waals surface area contributed by atoms with Crippen molar-refractivity contribution in [3.05, 3.63) is 51.6 Å². The second-order valence-electron chi connectivity index (χ2n) is 9.09. The van der Waals surface area contributed by atoms with E-state index in [1.165, 1.54) is 18.2 Å². The molecule has 9 nitrogen and oxygen atoms in total. The number of rotatable bonds is 11. The van der Waals surface area contributed by atoms with E-state index in [1.807, 2.05) is 0 Å². The van der Waals surface area contributed by atoms with Gasteiger partial charge in [0.05, 0.1) is 16.8 Å². The van der Waals surface area contributed by atoms with Crippen LogP contribution in [0, 0.1) is 19.7 Å². The summed E-state index contributed by atoms with van der Waals surface area (Å²) >= 11 is 0. The second-order valence-corrected chi connectivity index (χ2v) is 9.09. The fraction of sp³-hybridized carbons (Fsp3) is 0.444. The van der Waals surface area contributed by atoms with Gasteiger partial charge in [-0.3, -0.25) is 9.59 Å². The molecular formula is C27H36FN5O4. The minimum atomic E-state index is -1.44. The summed E-state index contributed by atoms with van der Waals surface area (Å²) < 4.78 is 14.9. The zero-order chi connectivity index (χ0) is 27.3. The number of halogens is 1. The van der Waals surface area contributed by atoms with Crippen LogP contribution in [0.3, 0.4) is 0 Å². The molecule has 1 aliphatic heterocycles. The monoisotopic (exact) mass is 513 g/mol. The highest BCUT2D eigenvalue weighted by Crippen LogP contribution is 2.42. The van der Waals surface area contributed by atoms with Gasteiger partial charge in [-0.2, -0.15) is 0 Å². The van der Waals surface area contributed by atoms with Gasteiger partial charge in [-0.25, -0.2) is 14.1 Å². The highest BCUT2D eigenvalue weighted by atomic mass is 19.1. The van der Waals surface area contributed by atoms with Crippen LogP contribution < -0.4 is 16.0 Å². The minimum Gasteiger partial charge on any atom is -0.464 e. The molecule has 1 aromatic heterocycles. The number of benzene rings is 1. The number of H-pyrrole nitrogens is 1. The maximum atomic E-state index is 14.9. The third-order valence-electron chi connectivity index (χ3n) is 6.85. The molecule has 0 unspecified atom stereocenters. The van der Waals surface area contributed by atoms with E-state index in [0.29, 0.717) is 59.8 Å². The quantitative estimate of drug-likeness (QED) is 0.268. The molecule has 3 amide bonds. The van der Waals surface area contributed by atoms with E-state index < -0.39 is 17.8 Å². The smallest absolute Gasteiger partial charge is 0.419 e. The molecule has 3 rings (SSSR count). The molecule has 0 aliphatic carbocycles. The number of carboxylic acid groups (broad SMARTS) is 1. The number of aryl methyl sites for hydroxylation is 1. The van der Waals surface area contributed by atoms with Crippen LogP contribution in [-0.4, -0.2) is 65.6 Å². The number of nitrogens with two attached hydrogens (primary N) is 1. The van der Waals surface area contributed by atoms with Gasteiger partial charge in [0, 0.05) is 30.0 Å². The highest BCUT2D eigenvalue weighted by molar-refractivity contribution is 6.41. The molecule has 37 heavy (non-hydrogen) atoms. The number of aromatic amines is 1.